The van der Waals surface area contributed by atoms with Gasteiger partial charge in [0.05, 0.1) is 25.2 Å². The van der Waals surface area contributed by atoms with Gasteiger partial charge in [-0.15, -0.1) is 0 Å². The maximum Gasteiger partial charge on any atom is 0.296 e. The molecule has 1 atom stereocenters. The molecule has 0 radical (unpaired) electrons. The monoisotopic (exact) mass is 281 g/mol. The average Bonchev–Trinajstić information content (AvgIpc) is 2.45. The summed E-state index contributed by atoms with van der Waals surface area (Å²) < 4.78 is 10.4. The normalized spacial score (nSPS) is 18.8. The van der Waals surface area contributed by atoms with Crippen molar-refractivity contribution in [2.24, 2.45) is 0 Å². The average molecular weight is 281 g/mol. The van der Waals surface area contributed by atoms with Crippen LogP contribution in [0, 0.1) is 10.1 Å². The molecule has 0 aliphatic carbocycles. The van der Waals surface area contributed by atoms with E-state index in [1.807, 2.05) is 4.90 Å². The minimum Gasteiger partial charge on any atom is -0.493 e. The Hall–Kier alpha value is -2.02. The zero-order chi connectivity index (χ0) is 14.7. The molecule has 1 aliphatic heterocycles. The van der Waals surface area contributed by atoms with Crippen molar-refractivity contribution in [1.29, 1.82) is 0 Å². The molecule has 20 heavy (non-hydrogen) atoms. The molecule has 1 unspecified atom stereocenters. The molecule has 7 heteroatoms. The van der Waals surface area contributed by atoms with Crippen LogP contribution in [0.25, 0.3) is 0 Å². The molecule has 1 heterocycles. The first kappa shape index (κ1) is 14.4. The van der Waals surface area contributed by atoms with Crippen molar-refractivity contribution in [3.63, 3.8) is 0 Å². The number of hydrogen-bond donors (Lipinski definition) is 1. The number of methoxy groups -OCH3 is 2. The number of nitrogens with one attached hydrogen (secondary N) is 1. The van der Waals surface area contributed by atoms with Crippen LogP contribution in [-0.2, 0) is 0 Å². The van der Waals surface area contributed by atoms with E-state index in [0.717, 1.165) is 19.6 Å². The fourth-order valence-electron chi connectivity index (χ4n) is 2.41. The molecular weight excluding hydrogens is 262 g/mol. The fraction of sp³-hybridized carbons (Fsp3) is 0.538. The van der Waals surface area contributed by atoms with Gasteiger partial charge in [-0.3, -0.25) is 10.1 Å². The van der Waals surface area contributed by atoms with Crippen LogP contribution in [0.3, 0.4) is 0 Å². The van der Waals surface area contributed by atoms with Crippen LogP contribution in [0.15, 0.2) is 12.1 Å². The lowest BCUT2D eigenvalue weighted by molar-refractivity contribution is -0.384. The SMILES string of the molecule is COc1cc(N2CCNC(C)C2)c([N+](=O)[O-])cc1OC. The Bertz CT molecular complexity index is 507. The molecule has 2 rings (SSSR count). The molecule has 7 nitrogen and oxygen atoms in total. The molecule has 1 aromatic rings. The Morgan fingerprint density at radius 3 is 2.55 bits per heavy atom. The fourth-order valence-corrected chi connectivity index (χ4v) is 2.41. The van der Waals surface area contributed by atoms with Crippen LogP contribution in [0.4, 0.5) is 11.4 Å². The minimum atomic E-state index is -0.385. The minimum absolute atomic E-state index is 0.0387. The predicted octanol–water partition coefficient (Wildman–Crippen LogP) is 1.41. The van der Waals surface area contributed by atoms with Crippen LogP contribution in [0.5, 0.6) is 11.5 Å². The highest BCUT2D eigenvalue weighted by molar-refractivity contribution is 5.70. The van der Waals surface area contributed by atoms with Gasteiger partial charge in [0.1, 0.15) is 5.69 Å². The second kappa shape index (κ2) is 5.96. The Kier molecular flexibility index (Phi) is 4.29. The van der Waals surface area contributed by atoms with E-state index in [4.69, 9.17) is 9.47 Å². The molecule has 1 saturated heterocycles. The van der Waals surface area contributed by atoms with E-state index < -0.39 is 0 Å². The topological polar surface area (TPSA) is 76.9 Å². The van der Waals surface area contributed by atoms with E-state index in [9.17, 15) is 10.1 Å². The number of nitro groups is 1. The van der Waals surface area contributed by atoms with Crippen molar-refractivity contribution in [3.05, 3.63) is 22.2 Å². The predicted molar refractivity (Wildman–Crippen MR) is 75.9 cm³/mol. The molecule has 0 spiro atoms. The van der Waals surface area contributed by atoms with Gasteiger partial charge < -0.3 is 19.7 Å². The molecule has 0 aromatic heterocycles. The van der Waals surface area contributed by atoms with E-state index in [1.54, 1.807) is 6.07 Å². The molecule has 1 fully saturated rings. The third-order valence-electron chi connectivity index (χ3n) is 3.39. The Morgan fingerprint density at radius 2 is 2.00 bits per heavy atom. The highest BCUT2D eigenvalue weighted by Crippen LogP contribution is 2.39. The number of piperazine rings is 1. The van der Waals surface area contributed by atoms with Gasteiger partial charge in [-0.25, -0.2) is 0 Å². The van der Waals surface area contributed by atoms with Crippen molar-refractivity contribution in [1.82, 2.24) is 5.32 Å². The first-order chi connectivity index (χ1) is 9.56. The van der Waals surface area contributed by atoms with Crippen LogP contribution in [-0.4, -0.2) is 44.8 Å². The smallest absolute Gasteiger partial charge is 0.296 e. The first-order valence-electron chi connectivity index (χ1n) is 6.45. The number of benzene rings is 1. The Balaban J connectivity index is 2.46. The number of ether oxygens (including phenoxy) is 2. The number of rotatable bonds is 4. The Morgan fingerprint density at radius 1 is 1.35 bits per heavy atom. The van der Waals surface area contributed by atoms with E-state index in [2.05, 4.69) is 12.2 Å². The van der Waals surface area contributed by atoms with Crippen LogP contribution in [0.1, 0.15) is 6.92 Å². The highest BCUT2D eigenvalue weighted by atomic mass is 16.6. The largest absolute Gasteiger partial charge is 0.493 e. The first-order valence-corrected chi connectivity index (χ1v) is 6.45. The quantitative estimate of drug-likeness (QED) is 0.664. The molecule has 0 amide bonds. The van der Waals surface area contributed by atoms with E-state index >= 15 is 0 Å². The number of nitro benzene ring substituents is 1. The second-order valence-electron chi connectivity index (χ2n) is 4.75. The number of nitrogens with zero attached hydrogens (tertiary/aromatic N) is 2. The number of hydrogen-bond acceptors (Lipinski definition) is 6. The molecule has 1 N–H and O–H groups in total. The van der Waals surface area contributed by atoms with Gasteiger partial charge in [-0.2, -0.15) is 0 Å². The lowest BCUT2D eigenvalue weighted by Crippen LogP contribution is -2.49. The van der Waals surface area contributed by atoms with Gasteiger partial charge in [-0.05, 0) is 6.92 Å². The van der Waals surface area contributed by atoms with Gasteiger partial charge in [0.2, 0.25) is 0 Å². The van der Waals surface area contributed by atoms with E-state index in [-0.39, 0.29) is 16.7 Å². The third kappa shape index (κ3) is 2.77. The van der Waals surface area contributed by atoms with Crippen LogP contribution < -0.4 is 19.7 Å². The zero-order valence-corrected chi connectivity index (χ0v) is 11.9. The third-order valence-corrected chi connectivity index (χ3v) is 3.39. The summed E-state index contributed by atoms with van der Waals surface area (Å²) >= 11 is 0. The molecule has 0 bridgehead atoms. The van der Waals surface area contributed by atoms with E-state index in [1.165, 1.54) is 20.3 Å². The van der Waals surface area contributed by atoms with Crippen molar-refractivity contribution >= 4 is 11.4 Å². The summed E-state index contributed by atoms with van der Waals surface area (Å²) in [6.07, 6.45) is 0. The summed E-state index contributed by atoms with van der Waals surface area (Å²) in [6.45, 7) is 4.29. The summed E-state index contributed by atoms with van der Waals surface area (Å²) in [5, 5.41) is 14.6. The maximum absolute atomic E-state index is 11.3. The number of anilines is 1. The molecule has 1 aromatic carbocycles. The summed E-state index contributed by atoms with van der Waals surface area (Å²) in [5.41, 5.74) is 0.609. The van der Waals surface area contributed by atoms with Crippen LogP contribution in [0.2, 0.25) is 0 Å². The molecule has 110 valence electrons. The molecule has 0 saturated carbocycles. The molecule has 1 aliphatic rings. The summed E-state index contributed by atoms with van der Waals surface area (Å²) in [6, 6.07) is 3.38. The van der Waals surface area contributed by atoms with Crippen molar-refractivity contribution in [3.8, 4) is 11.5 Å². The van der Waals surface area contributed by atoms with Crippen molar-refractivity contribution in [2.45, 2.75) is 13.0 Å². The lowest BCUT2D eigenvalue weighted by atomic mass is 10.1. The van der Waals surface area contributed by atoms with Gasteiger partial charge in [-0.1, -0.05) is 0 Å². The van der Waals surface area contributed by atoms with Gasteiger partial charge in [0, 0.05) is 31.7 Å². The summed E-state index contributed by atoms with van der Waals surface area (Å²) in [4.78, 5) is 12.9. The standard InChI is InChI=1S/C13H19N3O4/c1-9-8-15(5-4-14-9)10-6-12(19-2)13(20-3)7-11(10)16(17)18/h6-7,9,14H,4-5,8H2,1-3H3. The zero-order valence-electron chi connectivity index (χ0n) is 11.9. The second-order valence-corrected chi connectivity index (χ2v) is 4.75. The summed E-state index contributed by atoms with van der Waals surface area (Å²) in [5.74, 6) is 0.866. The van der Waals surface area contributed by atoms with Gasteiger partial charge >= 0.3 is 0 Å². The summed E-state index contributed by atoms with van der Waals surface area (Å²) in [7, 11) is 2.99. The van der Waals surface area contributed by atoms with Gasteiger partial charge in [0.25, 0.3) is 5.69 Å². The Labute approximate surface area is 117 Å². The van der Waals surface area contributed by atoms with Gasteiger partial charge in [0.15, 0.2) is 11.5 Å². The molecular formula is C13H19N3O4. The van der Waals surface area contributed by atoms with E-state index in [0.29, 0.717) is 17.2 Å². The highest BCUT2D eigenvalue weighted by Gasteiger charge is 2.26. The van der Waals surface area contributed by atoms with Crippen molar-refractivity contribution < 1.29 is 14.4 Å². The maximum atomic E-state index is 11.3. The lowest BCUT2D eigenvalue weighted by Gasteiger charge is -2.33. The van der Waals surface area contributed by atoms with Crippen LogP contribution >= 0.6 is 0 Å². The van der Waals surface area contributed by atoms with Crippen molar-refractivity contribution in [2.75, 3.05) is 38.8 Å².